The summed E-state index contributed by atoms with van der Waals surface area (Å²) in [4.78, 5) is 23.1. The first-order chi connectivity index (χ1) is 16.1. The molecule has 2 heterocycles. The second-order valence-corrected chi connectivity index (χ2v) is 10.1. The van der Waals surface area contributed by atoms with Gasteiger partial charge in [-0.25, -0.2) is 4.79 Å². The predicted octanol–water partition coefficient (Wildman–Crippen LogP) is 6.11. The Labute approximate surface area is 207 Å². The molecule has 1 aromatic carbocycles. The highest BCUT2D eigenvalue weighted by Crippen LogP contribution is 2.26. The number of carbonyl (C=O) groups excluding carboxylic acids is 1. The molecule has 0 saturated heterocycles. The normalized spacial score (nSPS) is 12.5. The molecule has 0 radical (unpaired) electrons. The predicted molar refractivity (Wildman–Crippen MR) is 138 cm³/mol. The summed E-state index contributed by atoms with van der Waals surface area (Å²) in [6, 6.07) is 12.3. The molecule has 3 aromatic rings. The van der Waals surface area contributed by atoms with E-state index in [-0.39, 0.29) is 12.1 Å². The van der Waals surface area contributed by atoms with Crippen LogP contribution in [0.15, 0.2) is 48.8 Å². The number of hydrogen-bond acceptors (Lipinski definition) is 5. The van der Waals surface area contributed by atoms with Crippen LogP contribution in [-0.2, 0) is 11.2 Å². The number of benzene rings is 1. The summed E-state index contributed by atoms with van der Waals surface area (Å²) in [6.45, 7) is 9.11. The zero-order chi connectivity index (χ0) is 24.7. The van der Waals surface area contributed by atoms with Crippen LogP contribution in [0.2, 0.25) is 5.02 Å². The van der Waals surface area contributed by atoms with Gasteiger partial charge in [0.2, 0.25) is 0 Å². The maximum atomic E-state index is 12.2. The van der Waals surface area contributed by atoms with Gasteiger partial charge in [0.25, 0.3) is 0 Å². The summed E-state index contributed by atoms with van der Waals surface area (Å²) < 4.78 is 5.43. The Hall–Kier alpha value is -2.70. The summed E-state index contributed by atoms with van der Waals surface area (Å²) in [5, 5.41) is 6.63. The van der Waals surface area contributed by atoms with Crippen LogP contribution < -0.4 is 5.32 Å². The number of ether oxygens (including phenoxy) is 1. The monoisotopic (exact) mass is 482 g/mol. The molecular weight excluding hydrogens is 448 g/mol. The van der Waals surface area contributed by atoms with E-state index >= 15 is 0 Å². The fraction of sp³-hybridized carbons (Fsp3) is 0.444. The van der Waals surface area contributed by atoms with E-state index in [2.05, 4.69) is 22.4 Å². The summed E-state index contributed by atoms with van der Waals surface area (Å²) in [7, 11) is 1.78. The van der Waals surface area contributed by atoms with Crippen LogP contribution in [0.3, 0.4) is 0 Å². The van der Waals surface area contributed by atoms with Crippen molar-refractivity contribution in [2.45, 2.75) is 58.6 Å². The molecule has 0 bridgehead atoms. The zero-order valence-electron chi connectivity index (χ0n) is 20.8. The van der Waals surface area contributed by atoms with E-state index in [4.69, 9.17) is 21.3 Å². The molecule has 7 heteroatoms. The number of unbranched alkanes of at least 4 members (excludes halogenated alkanes) is 1. The number of halogens is 1. The Morgan fingerprint density at radius 2 is 1.94 bits per heavy atom. The van der Waals surface area contributed by atoms with Crippen molar-refractivity contribution in [2.24, 2.45) is 0 Å². The number of aryl methyl sites for hydroxylation is 1. The fourth-order valence-electron chi connectivity index (χ4n) is 3.84. The van der Waals surface area contributed by atoms with Crippen molar-refractivity contribution >= 4 is 28.5 Å². The van der Waals surface area contributed by atoms with Gasteiger partial charge in [0, 0.05) is 43.5 Å². The number of fused-ring (bicyclic) bond motifs is 1. The van der Waals surface area contributed by atoms with Crippen molar-refractivity contribution in [3.05, 3.63) is 70.8 Å². The number of rotatable bonds is 9. The maximum Gasteiger partial charge on any atom is 0.410 e. The largest absolute Gasteiger partial charge is 0.444 e. The SMILES string of the molecule is Cc1cc(Cl)cnc1CC(NCCCCN(C)C(=O)OC(C)(C)C)c1nccc2ccccc12. The highest BCUT2D eigenvalue weighted by Gasteiger charge is 2.20. The van der Waals surface area contributed by atoms with Crippen molar-refractivity contribution in [1.29, 1.82) is 0 Å². The van der Waals surface area contributed by atoms with E-state index in [1.165, 1.54) is 5.39 Å². The Morgan fingerprint density at radius 1 is 1.18 bits per heavy atom. The average Bonchev–Trinajstić information content (AvgIpc) is 2.78. The van der Waals surface area contributed by atoms with Gasteiger partial charge in [-0.2, -0.15) is 0 Å². The molecule has 0 saturated carbocycles. The van der Waals surface area contributed by atoms with Crippen molar-refractivity contribution in [3.63, 3.8) is 0 Å². The van der Waals surface area contributed by atoms with E-state index in [1.54, 1.807) is 18.1 Å². The third-order valence-corrected chi connectivity index (χ3v) is 5.81. The van der Waals surface area contributed by atoms with Crippen molar-refractivity contribution in [3.8, 4) is 0 Å². The first kappa shape index (κ1) is 25.9. The molecule has 182 valence electrons. The van der Waals surface area contributed by atoms with Gasteiger partial charge in [0.15, 0.2) is 0 Å². The number of carbonyl (C=O) groups is 1. The van der Waals surface area contributed by atoms with Crippen molar-refractivity contribution in [1.82, 2.24) is 20.2 Å². The van der Waals surface area contributed by atoms with Gasteiger partial charge in [-0.15, -0.1) is 0 Å². The van der Waals surface area contributed by atoms with Gasteiger partial charge in [-0.05, 0) is 70.2 Å². The van der Waals surface area contributed by atoms with E-state index in [1.807, 2.05) is 58.2 Å². The van der Waals surface area contributed by atoms with Gasteiger partial charge >= 0.3 is 6.09 Å². The quantitative estimate of drug-likeness (QED) is 0.372. The molecule has 0 fully saturated rings. The molecule has 0 spiro atoms. The van der Waals surface area contributed by atoms with E-state index in [0.717, 1.165) is 41.7 Å². The molecule has 1 unspecified atom stereocenters. The maximum absolute atomic E-state index is 12.2. The van der Waals surface area contributed by atoms with Crippen LogP contribution in [0.25, 0.3) is 10.8 Å². The fourth-order valence-corrected chi connectivity index (χ4v) is 4.06. The molecule has 34 heavy (non-hydrogen) atoms. The number of hydrogen-bond donors (Lipinski definition) is 1. The van der Waals surface area contributed by atoms with Crippen LogP contribution >= 0.6 is 11.6 Å². The third kappa shape index (κ3) is 7.40. The summed E-state index contributed by atoms with van der Waals surface area (Å²) in [5.74, 6) is 0. The van der Waals surface area contributed by atoms with Crippen LogP contribution in [0, 0.1) is 6.92 Å². The minimum atomic E-state index is -0.487. The van der Waals surface area contributed by atoms with Crippen molar-refractivity contribution < 1.29 is 9.53 Å². The molecule has 0 aliphatic carbocycles. The average molecular weight is 483 g/mol. The lowest BCUT2D eigenvalue weighted by molar-refractivity contribution is 0.0296. The van der Waals surface area contributed by atoms with Gasteiger partial charge < -0.3 is 15.0 Å². The molecule has 0 aliphatic rings. The topological polar surface area (TPSA) is 67.4 Å². The minimum absolute atomic E-state index is 0.00191. The lowest BCUT2D eigenvalue weighted by Crippen LogP contribution is -2.35. The Kier molecular flexibility index (Phi) is 8.86. The number of nitrogens with one attached hydrogen (secondary N) is 1. The minimum Gasteiger partial charge on any atom is -0.444 e. The van der Waals surface area contributed by atoms with E-state index in [0.29, 0.717) is 18.0 Å². The number of pyridine rings is 2. The highest BCUT2D eigenvalue weighted by atomic mass is 35.5. The van der Waals surface area contributed by atoms with Gasteiger partial charge in [0.1, 0.15) is 5.60 Å². The Balaban J connectivity index is 1.67. The Morgan fingerprint density at radius 3 is 2.68 bits per heavy atom. The second-order valence-electron chi connectivity index (χ2n) is 9.65. The Bertz CT molecular complexity index is 1110. The number of aromatic nitrogens is 2. The molecule has 6 nitrogen and oxygen atoms in total. The van der Waals surface area contributed by atoms with E-state index < -0.39 is 5.60 Å². The zero-order valence-corrected chi connectivity index (χ0v) is 21.5. The molecule has 1 amide bonds. The van der Waals surface area contributed by atoms with Gasteiger partial charge in [0.05, 0.1) is 16.8 Å². The highest BCUT2D eigenvalue weighted by molar-refractivity contribution is 6.30. The number of nitrogens with zero attached hydrogens (tertiary/aromatic N) is 3. The first-order valence-electron chi connectivity index (χ1n) is 11.8. The van der Waals surface area contributed by atoms with Gasteiger partial charge in [-0.1, -0.05) is 35.9 Å². The van der Waals surface area contributed by atoms with Crippen LogP contribution in [0.1, 0.15) is 56.6 Å². The molecule has 0 aliphatic heterocycles. The summed E-state index contributed by atoms with van der Waals surface area (Å²) in [6.07, 6.45) is 5.77. The smallest absolute Gasteiger partial charge is 0.410 e. The van der Waals surface area contributed by atoms with Gasteiger partial charge in [-0.3, -0.25) is 9.97 Å². The molecule has 1 atom stereocenters. The van der Waals surface area contributed by atoms with E-state index in [9.17, 15) is 4.79 Å². The third-order valence-electron chi connectivity index (χ3n) is 5.60. The molecule has 1 N–H and O–H groups in total. The lowest BCUT2D eigenvalue weighted by atomic mass is 9.99. The molecule has 2 aromatic heterocycles. The molecule has 3 rings (SSSR count). The van der Waals surface area contributed by atoms with Crippen LogP contribution in [0.4, 0.5) is 4.79 Å². The summed E-state index contributed by atoms with van der Waals surface area (Å²) >= 11 is 6.12. The number of amides is 1. The molecular formula is C27H35ClN4O2. The first-order valence-corrected chi connectivity index (χ1v) is 12.1. The van der Waals surface area contributed by atoms with Crippen molar-refractivity contribution in [2.75, 3.05) is 20.1 Å². The summed E-state index contributed by atoms with van der Waals surface area (Å²) in [5.41, 5.74) is 2.60. The van der Waals surface area contributed by atoms with Crippen LogP contribution in [-0.4, -0.2) is 46.7 Å². The lowest BCUT2D eigenvalue weighted by Gasteiger charge is -2.25. The van der Waals surface area contributed by atoms with Crippen LogP contribution in [0.5, 0.6) is 0 Å². The standard InChI is InChI=1S/C27H35ClN4O2/c1-19-16-21(28)18-31-23(19)17-24(25-22-11-7-6-10-20(22)12-14-30-25)29-13-8-9-15-32(5)26(33)34-27(2,3)4/h6-7,10-12,14,16,18,24,29H,8-9,13,15,17H2,1-5H3. The second kappa shape index (κ2) is 11.6.